The van der Waals surface area contributed by atoms with Crippen molar-refractivity contribution in [3.63, 3.8) is 0 Å². The number of hydrogen-bond acceptors (Lipinski definition) is 3. The van der Waals surface area contributed by atoms with Crippen LogP contribution in [0.1, 0.15) is 13.3 Å². The van der Waals surface area contributed by atoms with Gasteiger partial charge in [-0.2, -0.15) is 0 Å². The number of hydrogen-bond donors (Lipinski definition) is 1. The van der Waals surface area contributed by atoms with Gasteiger partial charge in [0.15, 0.2) is 0 Å². The second kappa shape index (κ2) is 5.19. The summed E-state index contributed by atoms with van der Waals surface area (Å²) in [4.78, 5) is 13.5. The van der Waals surface area contributed by atoms with Crippen molar-refractivity contribution < 1.29 is 9.53 Å². The fourth-order valence-corrected chi connectivity index (χ4v) is 1.47. The second-order valence-corrected chi connectivity index (χ2v) is 3.36. The molecule has 4 heteroatoms. The van der Waals surface area contributed by atoms with E-state index >= 15 is 0 Å². The van der Waals surface area contributed by atoms with E-state index in [9.17, 15) is 4.79 Å². The number of amides is 1. The van der Waals surface area contributed by atoms with Gasteiger partial charge in [-0.3, -0.25) is 4.79 Å². The van der Waals surface area contributed by atoms with Crippen molar-refractivity contribution in [3.05, 3.63) is 0 Å². The third-order valence-electron chi connectivity index (χ3n) is 2.28. The summed E-state index contributed by atoms with van der Waals surface area (Å²) in [6, 6.07) is 0.234. The van der Waals surface area contributed by atoms with Crippen LogP contribution >= 0.6 is 0 Å². The SMILES string of the molecule is CNCCC(=O)N1CCOC[C@H]1C. The fourth-order valence-electron chi connectivity index (χ4n) is 1.47. The number of nitrogens with zero attached hydrogens (tertiary/aromatic N) is 1. The van der Waals surface area contributed by atoms with E-state index in [1.807, 2.05) is 18.9 Å². The fraction of sp³-hybridized carbons (Fsp3) is 0.889. The molecule has 0 aromatic heterocycles. The van der Waals surface area contributed by atoms with E-state index in [0.717, 1.165) is 13.1 Å². The smallest absolute Gasteiger partial charge is 0.224 e. The Hall–Kier alpha value is -0.610. The lowest BCUT2D eigenvalue weighted by atomic mass is 10.2. The van der Waals surface area contributed by atoms with E-state index in [1.54, 1.807) is 0 Å². The van der Waals surface area contributed by atoms with Crippen molar-refractivity contribution >= 4 is 5.91 Å². The first-order valence-corrected chi connectivity index (χ1v) is 4.77. The van der Waals surface area contributed by atoms with Gasteiger partial charge in [0.1, 0.15) is 0 Å². The minimum atomic E-state index is 0.227. The summed E-state index contributed by atoms with van der Waals surface area (Å²) in [6.07, 6.45) is 0.584. The minimum absolute atomic E-state index is 0.227. The molecule has 0 spiro atoms. The lowest BCUT2D eigenvalue weighted by Gasteiger charge is -2.33. The molecule has 4 nitrogen and oxygen atoms in total. The zero-order valence-electron chi connectivity index (χ0n) is 8.38. The Bertz CT molecular complexity index is 173. The van der Waals surface area contributed by atoms with Crippen molar-refractivity contribution in [2.45, 2.75) is 19.4 Å². The molecule has 0 aromatic rings. The van der Waals surface area contributed by atoms with Crippen LogP contribution in [-0.2, 0) is 9.53 Å². The average Bonchev–Trinajstić information content (AvgIpc) is 2.15. The monoisotopic (exact) mass is 186 g/mol. The maximum Gasteiger partial charge on any atom is 0.224 e. The van der Waals surface area contributed by atoms with Crippen LogP contribution in [0.15, 0.2) is 0 Å². The maximum absolute atomic E-state index is 11.6. The molecule has 1 heterocycles. The molecular formula is C9H18N2O2. The van der Waals surface area contributed by atoms with E-state index < -0.39 is 0 Å². The van der Waals surface area contributed by atoms with E-state index in [1.165, 1.54) is 0 Å². The number of carbonyl (C=O) groups excluding carboxylic acids is 1. The lowest BCUT2D eigenvalue weighted by Crippen LogP contribution is -2.47. The van der Waals surface area contributed by atoms with E-state index in [2.05, 4.69) is 5.32 Å². The van der Waals surface area contributed by atoms with Gasteiger partial charge in [0.25, 0.3) is 0 Å². The highest BCUT2D eigenvalue weighted by Crippen LogP contribution is 2.07. The third kappa shape index (κ3) is 2.97. The quantitative estimate of drug-likeness (QED) is 0.666. The number of morpholine rings is 1. The number of ether oxygens (including phenoxy) is 1. The van der Waals surface area contributed by atoms with Gasteiger partial charge in [0.05, 0.1) is 19.3 Å². The summed E-state index contributed by atoms with van der Waals surface area (Å²) in [5, 5.41) is 2.97. The molecule has 76 valence electrons. The van der Waals surface area contributed by atoms with Gasteiger partial charge in [0.2, 0.25) is 5.91 Å². The van der Waals surface area contributed by atoms with Crippen molar-refractivity contribution in [3.8, 4) is 0 Å². The molecule has 0 radical (unpaired) electrons. The van der Waals surface area contributed by atoms with Crippen molar-refractivity contribution in [1.29, 1.82) is 0 Å². The molecule has 1 aliphatic rings. The Morgan fingerprint density at radius 1 is 1.69 bits per heavy atom. The molecule has 0 aliphatic carbocycles. The van der Waals surface area contributed by atoms with Crippen LogP contribution in [-0.4, -0.2) is 50.2 Å². The van der Waals surface area contributed by atoms with Crippen molar-refractivity contribution in [2.24, 2.45) is 0 Å². The second-order valence-electron chi connectivity index (χ2n) is 3.36. The summed E-state index contributed by atoms with van der Waals surface area (Å²) in [7, 11) is 1.86. The molecule has 1 aliphatic heterocycles. The third-order valence-corrected chi connectivity index (χ3v) is 2.28. The molecule has 1 fully saturated rings. The Balaban J connectivity index is 2.35. The van der Waals surface area contributed by atoms with Gasteiger partial charge >= 0.3 is 0 Å². The topological polar surface area (TPSA) is 41.6 Å². The molecular weight excluding hydrogens is 168 g/mol. The number of nitrogens with one attached hydrogen (secondary N) is 1. The normalized spacial score (nSPS) is 23.2. The van der Waals surface area contributed by atoms with Gasteiger partial charge in [0, 0.05) is 19.5 Å². The molecule has 0 saturated carbocycles. The van der Waals surface area contributed by atoms with Crippen LogP contribution in [0, 0.1) is 0 Å². The highest BCUT2D eigenvalue weighted by molar-refractivity contribution is 5.76. The molecule has 0 aromatic carbocycles. The summed E-state index contributed by atoms with van der Waals surface area (Å²) < 4.78 is 5.26. The molecule has 1 rings (SSSR count). The lowest BCUT2D eigenvalue weighted by molar-refractivity contribution is -0.138. The van der Waals surface area contributed by atoms with Crippen LogP contribution in [0.4, 0.5) is 0 Å². The maximum atomic E-state index is 11.6. The number of carbonyl (C=O) groups is 1. The zero-order chi connectivity index (χ0) is 9.68. The summed E-state index contributed by atoms with van der Waals surface area (Å²) in [5.74, 6) is 0.227. The van der Waals surface area contributed by atoms with Crippen molar-refractivity contribution in [1.82, 2.24) is 10.2 Å². The standard InChI is InChI=1S/C9H18N2O2/c1-8-7-13-6-5-11(8)9(12)3-4-10-2/h8,10H,3-7H2,1-2H3/t8-/m1/s1. The Morgan fingerprint density at radius 3 is 3.08 bits per heavy atom. The first-order chi connectivity index (χ1) is 6.25. The largest absolute Gasteiger partial charge is 0.377 e. The summed E-state index contributed by atoms with van der Waals surface area (Å²) in [6.45, 7) is 4.87. The van der Waals surface area contributed by atoms with Gasteiger partial charge in [-0.05, 0) is 14.0 Å². The first-order valence-electron chi connectivity index (χ1n) is 4.77. The van der Waals surface area contributed by atoms with Crippen LogP contribution in [0.2, 0.25) is 0 Å². The molecule has 1 saturated heterocycles. The van der Waals surface area contributed by atoms with Gasteiger partial charge < -0.3 is 15.0 Å². The van der Waals surface area contributed by atoms with E-state index in [0.29, 0.717) is 19.6 Å². The van der Waals surface area contributed by atoms with Crippen molar-refractivity contribution in [2.75, 3.05) is 33.4 Å². The summed E-state index contributed by atoms with van der Waals surface area (Å²) >= 11 is 0. The Morgan fingerprint density at radius 2 is 2.46 bits per heavy atom. The molecule has 1 N–H and O–H groups in total. The van der Waals surface area contributed by atoms with Gasteiger partial charge in [-0.15, -0.1) is 0 Å². The van der Waals surface area contributed by atoms with E-state index in [4.69, 9.17) is 4.74 Å². The number of rotatable bonds is 3. The highest BCUT2D eigenvalue weighted by atomic mass is 16.5. The van der Waals surface area contributed by atoms with Crippen LogP contribution in [0.5, 0.6) is 0 Å². The van der Waals surface area contributed by atoms with Crippen LogP contribution in [0.3, 0.4) is 0 Å². The molecule has 1 amide bonds. The predicted octanol–water partition coefficient (Wildman–Crippen LogP) is -0.157. The molecule has 0 bridgehead atoms. The predicted molar refractivity (Wildman–Crippen MR) is 50.5 cm³/mol. The highest BCUT2D eigenvalue weighted by Gasteiger charge is 2.22. The van der Waals surface area contributed by atoms with Gasteiger partial charge in [-0.1, -0.05) is 0 Å². The minimum Gasteiger partial charge on any atom is -0.377 e. The van der Waals surface area contributed by atoms with Crippen LogP contribution in [0.25, 0.3) is 0 Å². The van der Waals surface area contributed by atoms with E-state index in [-0.39, 0.29) is 11.9 Å². The first kappa shape index (κ1) is 10.5. The Kier molecular flexibility index (Phi) is 4.18. The zero-order valence-corrected chi connectivity index (χ0v) is 8.38. The molecule has 0 unspecified atom stereocenters. The van der Waals surface area contributed by atoms with Crippen LogP contribution < -0.4 is 5.32 Å². The summed E-state index contributed by atoms with van der Waals surface area (Å²) in [5.41, 5.74) is 0. The molecule has 13 heavy (non-hydrogen) atoms. The van der Waals surface area contributed by atoms with Gasteiger partial charge in [-0.25, -0.2) is 0 Å². The molecule has 1 atom stereocenters. The average molecular weight is 186 g/mol. The Labute approximate surface area is 79.2 Å².